The third-order valence-electron chi connectivity index (χ3n) is 3.28. The monoisotopic (exact) mass is 389 g/mol. The number of halogens is 1. The van der Waals surface area contributed by atoms with Gasteiger partial charge in [0, 0.05) is 15.7 Å². The average molecular weight is 390 g/mol. The number of ether oxygens (including phenoxy) is 1. The van der Waals surface area contributed by atoms with Crippen LogP contribution in [0, 0.1) is 0 Å². The van der Waals surface area contributed by atoms with Crippen molar-refractivity contribution in [2.24, 2.45) is 0 Å². The predicted octanol–water partition coefficient (Wildman–Crippen LogP) is 3.84. The van der Waals surface area contributed by atoms with Crippen LogP contribution in [0.25, 0.3) is 0 Å². The Labute approximate surface area is 148 Å². The van der Waals surface area contributed by atoms with E-state index in [9.17, 15) is 14.4 Å². The molecule has 0 heterocycles. The molecule has 6 heteroatoms. The van der Waals surface area contributed by atoms with Crippen molar-refractivity contribution in [2.45, 2.75) is 20.0 Å². The van der Waals surface area contributed by atoms with Gasteiger partial charge in [0.1, 0.15) is 0 Å². The van der Waals surface area contributed by atoms with E-state index in [1.807, 2.05) is 0 Å². The molecule has 2 aromatic rings. The van der Waals surface area contributed by atoms with E-state index in [2.05, 4.69) is 21.2 Å². The Balaban J connectivity index is 2.02. The van der Waals surface area contributed by atoms with Crippen LogP contribution in [0.2, 0.25) is 0 Å². The van der Waals surface area contributed by atoms with Gasteiger partial charge in [-0.3, -0.25) is 9.59 Å². The minimum absolute atomic E-state index is 0.0977. The molecule has 2 rings (SSSR count). The molecule has 0 spiro atoms. The number of nitrogens with one attached hydrogen (secondary N) is 1. The molecule has 2 aromatic carbocycles. The van der Waals surface area contributed by atoms with E-state index in [-0.39, 0.29) is 5.78 Å². The summed E-state index contributed by atoms with van der Waals surface area (Å²) in [6.45, 7) is 2.93. The van der Waals surface area contributed by atoms with Crippen LogP contribution in [-0.2, 0) is 9.53 Å². The number of anilines is 1. The van der Waals surface area contributed by atoms with Gasteiger partial charge in [-0.1, -0.05) is 24.3 Å². The Morgan fingerprint density at radius 2 is 1.79 bits per heavy atom. The second-order valence-electron chi connectivity index (χ2n) is 5.15. The van der Waals surface area contributed by atoms with E-state index in [1.54, 1.807) is 48.5 Å². The third kappa shape index (κ3) is 4.52. The predicted molar refractivity (Wildman–Crippen MR) is 94.1 cm³/mol. The summed E-state index contributed by atoms with van der Waals surface area (Å²) in [6.07, 6.45) is -0.981. The van der Waals surface area contributed by atoms with Crippen LogP contribution in [-0.4, -0.2) is 23.8 Å². The number of amides is 1. The fraction of sp³-hybridized carbons (Fsp3) is 0.167. The van der Waals surface area contributed by atoms with Crippen molar-refractivity contribution in [1.29, 1.82) is 0 Å². The molecule has 0 fully saturated rings. The van der Waals surface area contributed by atoms with Gasteiger partial charge in [0.05, 0.1) is 5.56 Å². The molecule has 24 heavy (non-hydrogen) atoms. The van der Waals surface area contributed by atoms with Crippen LogP contribution in [0.5, 0.6) is 0 Å². The normalized spacial score (nSPS) is 11.5. The summed E-state index contributed by atoms with van der Waals surface area (Å²) in [4.78, 5) is 35.6. The Hall–Kier alpha value is -2.47. The maximum absolute atomic E-state index is 12.2. The van der Waals surface area contributed by atoms with E-state index < -0.39 is 18.0 Å². The molecule has 0 aliphatic heterocycles. The van der Waals surface area contributed by atoms with Crippen LogP contribution in [0.4, 0.5) is 5.69 Å². The van der Waals surface area contributed by atoms with E-state index >= 15 is 0 Å². The first-order valence-corrected chi connectivity index (χ1v) is 8.05. The molecule has 124 valence electrons. The molecule has 1 amide bonds. The van der Waals surface area contributed by atoms with E-state index in [0.717, 1.165) is 0 Å². The quantitative estimate of drug-likeness (QED) is 0.622. The van der Waals surface area contributed by atoms with E-state index in [1.165, 1.54) is 13.8 Å². The van der Waals surface area contributed by atoms with Crippen molar-refractivity contribution >= 4 is 39.3 Å². The van der Waals surface area contributed by atoms with E-state index in [4.69, 9.17) is 4.74 Å². The fourth-order valence-corrected chi connectivity index (χ4v) is 2.41. The second kappa shape index (κ2) is 7.88. The van der Waals surface area contributed by atoms with Gasteiger partial charge in [-0.25, -0.2) is 4.79 Å². The summed E-state index contributed by atoms with van der Waals surface area (Å²) in [5.74, 6) is -1.17. The van der Waals surface area contributed by atoms with Crippen molar-refractivity contribution in [3.05, 3.63) is 64.1 Å². The van der Waals surface area contributed by atoms with Gasteiger partial charge in [0.25, 0.3) is 5.91 Å². The van der Waals surface area contributed by atoms with Crippen molar-refractivity contribution < 1.29 is 19.1 Å². The summed E-state index contributed by atoms with van der Waals surface area (Å²) < 4.78 is 5.78. The summed E-state index contributed by atoms with van der Waals surface area (Å²) in [5.41, 5.74) is 1.30. The van der Waals surface area contributed by atoms with E-state index in [0.29, 0.717) is 21.3 Å². The second-order valence-corrected chi connectivity index (χ2v) is 6.01. The van der Waals surface area contributed by atoms with Crippen molar-refractivity contribution in [2.75, 3.05) is 5.32 Å². The van der Waals surface area contributed by atoms with Crippen LogP contribution in [0.15, 0.2) is 53.0 Å². The molecule has 0 aliphatic rings. The molecular formula is C18H16BrNO4. The molecule has 1 N–H and O–H groups in total. The number of esters is 1. The number of ketones is 1. The first-order chi connectivity index (χ1) is 11.4. The molecule has 0 unspecified atom stereocenters. The SMILES string of the molecule is CC(=O)c1cccc(NC(=O)[C@@H](C)OC(=O)c2ccccc2Br)c1. The molecule has 0 aromatic heterocycles. The van der Waals surface area contributed by atoms with Crippen molar-refractivity contribution in [1.82, 2.24) is 0 Å². The zero-order chi connectivity index (χ0) is 17.7. The minimum atomic E-state index is -0.981. The standard InChI is InChI=1S/C18H16BrNO4/c1-11(21)13-6-5-7-14(10-13)20-17(22)12(2)24-18(23)15-8-3-4-9-16(15)19/h3-10,12H,1-2H3,(H,20,22)/t12-/m1/s1. The highest BCUT2D eigenvalue weighted by molar-refractivity contribution is 9.10. The zero-order valence-electron chi connectivity index (χ0n) is 13.2. The maximum Gasteiger partial charge on any atom is 0.340 e. The summed E-state index contributed by atoms with van der Waals surface area (Å²) >= 11 is 3.27. The molecule has 5 nitrogen and oxygen atoms in total. The summed E-state index contributed by atoms with van der Waals surface area (Å²) in [7, 11) is 0. The summed E-state index contributed by atoms with van der Waals surface area (Å²) in [5, 5.41) is 2.63. The van der Waals surface area contributed by atoms with Crippen LogP contribution < -0.4 is 5.32 Å². The Kier molecular flexibility index (Phi) is 5.87. The third-order valence-corrected chi connectivity index (χ3v) is 3.97. The van der Waals surface area contributed by atoms with Gasteiger partial charge < -0.3 is 10.1 Å². The average Bonchev–Trinajstić information content (AvgIpc) is 2.55. The Morgan fingerprint density at radius 1 is 1.08 bits per heavy atom. The van der Waals surface area contributed by atoms with Gasteiger partial charge in [0.2, 0.25) is 0 Å². The van der Waals surface area contributed by atoms with Crippen LogP contribution >= 0.6 is 15.9 Å². The van der Waals surface area contributed by atoms with Gasteiger partial charge >= 0.3 is 5.97 Å². The lowest BCUT2D eigenvalue weighted by atomic mass is 10.1. The maximum atomic E-state index is 12.2. The largest absolute Gasteiger partial charge is 0.449 e. The lowest BCUT2D eigenvalue weighted by Gasteiger charge is -2.14. The number of hydrogen-bond acceptors (Lipinski definition) is 4. The Bertz CT molecular complexity index is 788. The van der Waals surface area contributed by atoms with Crippen LogP contribution in [0.1, 0.15) is 34.6 Å². The first kappa shape index (κ1) is 17.9. The van der Waals surface area contributed by atoms with Gasteiger partial charge in [-0.05, 0) is 54.0 Å². The molecule has 0 saturated carbocycles. The number of hydrogen-bond donors (Lipinski definition) is 1. The van der Waals surface area contributed by atoms with Gasteiger partial charge in [-0.15, -0.1) is 0 Å². The number of rotatable bonds is 5. The summed E-state index contributed by atoms with van der Waals surface area (Å²) in [6, 6.07) is 13.4. The number of benzene rings is 2. The Morgan fingerprint density at radius 3 is 2.46 bits per heavy atom. The molecule has 1 atom stereocenters. The molecule has 0 radical (unpaired) electrons. The smallest absolute Gasteiger partial charge is 0.340 e. The molecular weight excluding hydrogens is 374 g/mol. The van der Waals surface area contributed by atoms with Crippen molar-refractivity contribution in [3.63, 3.8) is 0 Å². The number of Topliss-reactive ketones (excluding diaryl/α,β-unsaturated/α-hetero) is 1. The highest BCUT2D eigenvalue weighted by atomic mass is 79.9. The van der Waals surface area contributed by atoms with Crippen molar-refractivity contribution in [3.8, 4) is 0 Å². The highest BCUT2D eigenvalue weighted by Crippen LogP contribution is 2.18. The van der Waals surface area contributed by atoms with Gasteiger partial charge in [-0.2, -0.15) is 0 Å². The molecule has 0 bridgehead atoms. The zero-order valence-corrected chi connectivity index (χ0v) is 14.8. The molecule has 0 saturated heterocycles. The van der Waals surface area contributed by atoms with Gasteiger partial charge in [0.15, 0.2) is 11.9 Å². The highest BCUT2D eigenvalue weighted by Gasteiger charge is 2.20. The fourth-order valence-electron chi connectivity index (χ4n) is 1.96. The lowest BCUT2D eigenvalue weighted by Crippen LogP contribution is -2.30. The van der Waals surface area contributed by atoms with Crippen LogP contribution in [0.3, 0.4) is 0 Å². The lowest BCUT2D eigenvalue weighted by molar-refractivity contribution is -0.123. The topological polar surface area (TPSA) is 72.5 Å². The number of carbonyl (C=O) groups excluding carboxylic acids is 3. The minimum Gasteiger partial charge on any atom is -0.449 e. The first-order valence-electron chi connectivity index (χ1n) is 7.26. The number of carbonyl (C=O) groups is 3. The molecule has 0 aliphatic carbocycles.